The molecule has 0 rings (SSSR count). The summed E-state index contributed by atoms with van der Waals surface area (Å²) in [4.78, 5) is 9.99. The van der Waals surface area contributed by atoms with Crippen LogP contribution in [-0.2, 0) is 4.79 Å². The third-order valence-corrected chi connectivity index (χ3v) is 0.740. The van der Waals surface area contributed by atoms with E-state index < -0.39 is 12.0 Å². The molecule has 3 nitrogen and oxygen atoms in total. The fraction of sp³-hybridized carbons (Fsp3) is 0.167. The second-order valence-electron chi connectivity index (χ2n) is 1.48. The molecular weight excluding hydrogens is 118 g/mol. The molecule has 3 heteroatoms. The van der Waals surface area contributed by atoms with E-state index in [9.17, 15) is 4.79 Å². The summed E-state index contributed by atoms with van der Waals surface area (Å²) in [6.45, 7) is 3.36. The van der Waals surface area contributed by atoms with Crippen molar-refractivity contribution in [3.05, 3.63) is 24.8 Å². The zero-order valence-corrected chi connectivity index (χ0v) is 4.95. The number of rotatable bonds is 3. The SMILES string of the molecule is C=CC=CC(N)C(=O)O. The largest absolute Gasteiger partial charge is 0.480 e. The Kier molecular flexibility index (Phi) is 3.39. The Hall–Kier alpha value is -1.09. The summed E-state index contributed by atoms with van der Waals surface area (Å²) in [6, 6.07) is -0.914. The van der Waals surface area contributed by atoms with Crippen molar-refractivity contribution in [2.75, 3.05) is 0 Å². The van der Waals surface area contributed by atoms with Crippen LogP contribution in [0.1, 0.15) is 0 Å². The maximum atomic E-state index is 9.99. The molecule has 0 spiro atoms. The molecule has 0 aliphatic rings. The summed E-state index contributed by atoms with van der Waals surface area (Å²) in [5.74, 6) is -1.03. The molecule has 0 amide bonds. The van der Waals surface area contributed by atoms with Crippen molar-refractivity contribution in [1.29, 1.82) is 0 Å². The maximum Gasteiger partial charge on any atom is 0.324 e. The Labute approximate surface area is 53.5 Å². The number of carboxylic acids is 1. The van der Waals surface area contributed by atoms with Crippen molar-refractivity contribution < 1.29 is 9.90 Å². The molecular formula is C6H9NO2. The zero-order chi connectivity index (χ0) is 7.28. The summed E-state index contributed by atoms with van der Waals surface area (Å²) in [7, 11) is 0. The van der Waals surface area contributed by atoms with Crippen LogP contribution in [0.2, 0.25) is 0 Å². The van der Waals surface area contributed by atoms with Crippen molar-refractivity contribution >= 4 is 5.97 Å². The fourth-order valence-electron chi connectivity index (χ4n) is 0.281. The molecule has 0 saturated heterocycles. The molecule has 0 radical (unpaired) electrons. The van der Waals surface area contributed by atoms with Gasteiger partial charge in [0.1, 0.15) is 6.04 Å². The molecule has 0 heterocycles. The van der Waals surface area contributed by atoms with Gasteiger partial charge in [-0.05, 0) is 0 Å². The number of carboxylic acid groups (broad SMARTS) is 1. The smallest absolute Gasteiger partial charge is 0.324 e. The molecule has 9 heavy (non-hydrogen) atoms. The van der Waals surface area contributed by atoms with Crippen molar-refractivity contribution in [3.63, 3.8) is 0 Å². The lowest BCUT2D eigenvalue weighted by Gasteiger charge is -1.94. The minimum Gasteiger partial charge on any atom is -0.480 e. The third kappa shape index (κ3) is 3.49. The molecule has 50 valence electrons. The monoisotopic (exact) mass is 127 g/mol. The van der Waals surface area contributed by atoms with E-state index in [0.29, 0.717) is 0 Å². The van der Waals surface area contributed by atoms with Crippen LogP contribution in [0, 0.1) is 0 Å². The summed E-state index contributed by atoms with van der Waals surface area (Å²) in [6.07, 6.45) is 4.33. The van der Waals surface area contributed by atoms with E-state index in [2.05, 4.69) is 6.58 Å². The molecule has 0 aliphatic heterocycles. The average Bonchev–Trinajstić information content (AvgIpc) is 1.82. The van der Waals surface area contributed by atoms with Gasteiger partial charge >= 0.3 is 5.97 Å². The van der Waals surface area contributed by atoms with Gasteiger partial charge in [-0.25, -0.2) is 0 Å². The van der Waals surface area contributed by atoms with Gasteiger partial charge in [0.25, 0.3) is 0 Å². The van der Waals surface area contributed by atoms with Crippen LogP contribution in [0.3, 0.4) is 0 Å². The second kappa shape index (κ2) is 3.86. The van der Waals surface area contributed by atoms with Crippen LogP contribution >= 0.6 is 0 Å². The highest BCUT2D eigenvalue weighted by Gasteiger charge is 2.03. The normalized spacial score (nSPS) is 13.4. The topological polar surface area (TPSA) is 63.3 Å². The Morgan fingerprint density at radius 2 is 2.33 bits per heavy atom. The van der Waals surface area contributed by atoms with Crippen molar-refractivity contribution in [1.82, 2.24) is 0 Å². The Bertz CT molecular complexity index is 140. The maximum absolute atomic E-state index is 9.99. The van der Waals surface area contributed by atoms with E-state index in [1.165, 1.54) is 18.2 Å². The standard InChI is InChI=1S/C6H9NO2/c1-2-3-4-5(7)6(8)9/h2-5H,1,7H2,(H,8,9). The first-order valence-electron chi connectivity index (χ1n) is 2.46. The van der Waals surface area contributed by atoms with E-state index in [1.54, 1.807) is 0 Å². The Morgan fingerprint density at radius 1 is 1.78 bits per heavy atom. The van der Waals surface area contributed by atoms with Gasteiger partial charge in [-0.1, -0.05) is 24.8 Å². The number of hydrogen-bond donors (Lipinski definition) is 2. The minimum absolute atomic E-state index is 0.914. The van der Waals surface area contributed by atoms with E-state index in [1.807, 2.05) is 0 Å². The van der Waals surface area contributed by atoms with E-state index >= 15 is 0 Å². The Balaban J connectivity index is 3.75. The zero-order valence-electron chi connectivity index (χ0n) is 4.95. The number of allylic oxidation sites excluding steroid dienone is 2. The average molecular weight is 127 g/mol. The van der Waals surface area contributed by atoms with Crippen LogP contribution < -0.4 is 5.73 Å². The highest BCUT2D eigenvalue weighted by atomic mass is 16.4. The first kappa shape index (κ1) is 7.91. The molecule has 0 aromatic heterocycles. The van der Waals surface area contributed by atoms with Crippen molar-refractivity contribution in [2.45, 2.75) is 6.04 Å². The van der Waals surface area contributed by atoms with E-state index in [-0.39, 0.29) is 0 Å². The first-order valence-corrected chi connectivity index (χ1v) is 2.46. The Morgan fingerprint density at radius 3 is 2.67 bits per heavy atom. The van der Waals surface area contributed by atoms with Crippen LogP contribution in [-0.4, -0.2) is 17.1 Å². The van der Waals surface area contributed by atoms with Crippen LogP contribution in [0.5, 0.6) is 0 Å². The molecule has 1 atom stereocenters. The summed E-state index contributed by atoms with van der Waals surface area (Å²) in [5.41, 5.74) is 5.07. The predicted molar refractivity (Wildman–Crippen MR) is 34.9 cm³/mol. The van der Waals surface area contributed by atoms with Gasteiger partial charge in [-0.15, -0.1) is 0 Å². The van der Waals surface area contributed by atoms with Gasteiger partial charge < -0.3 is 10.8 Å². The number of aliphatic carboxylic acids is 1. The fourth-order valence-corrected chi connectivity index (χ4v) is 0.281. The third-order valence-electron chi connectivity index (χ3n) is 0.740. The van der Waals surface area contributed by atoms with E-state index in [0.717, 1.165) is 0 Å². The summed E-state index contributed by atoms with van der Waals surface area (Å²) >= 11 is 0. The molecule has 0 saturated carbocycles. The molecule has 3 N–H and O–H groups in total. The second-order valence-corrected chi connectivity index (χ2v) is 1.48. The van der Waals surface area contributed by atoms with Gasteiger partial charge in [-0.2, -0.15) is 0 Å². The highest BCUT2D eigenvalue weighted by molar-refractivity contribution is 5.75. The van der Waals surface area contributed by atoms with Gasteiger partial charge in [0.15, 0.2) is 0 Å². The molecule has 1 unspecified atom stereocenters. The summed E-state index contributed by atoms with van der Waals surface area (Å²) < 4.78 is 0. The number of carbonyl (C=O) groups is 1. The van der Waals surface area contributed by atoms with Crippen LogP contribution in [0.25, 0.3) is 0 Å². The quantitative estimate of drug-likeness (QED) is 0.530. The van der Waals surface area contributed by atoms with E-state index in [4.69, 9.17) is 10.8 Å². The minimum atomic E-state index is -1.03. The molecule has 0 bridgehead atoms. The first-order chi connectivity index (χ1) is 4.18. The molecule has 0 aromatic rings. The lowest BCUT2D eigenvalue weighted by molar-refractivity contribution is -0.137. The van der Waals surface area contributed by atoms with Gasteiger partial charge in [0.05, 0.1) is 0 Å². The molecule has 0 fully saturated rings. The molecule has 0 aromatic carbocycles. The summed E-state index contributed by atoms with van der Waals surface area (Å²) in [5, 5.41) is 8.20. The lowest BCUT2D eigenvalue weighted by atomic mass is 10.3. The van der Waals surface area contributed by atoms with Crippen molar-refractivity contribution in [2.24, 2.45) is 5.73 Å². The van der Waals surface area contributed by atoms with Gasteiger partial charge in [-0.3, -0.25) is 4.79 Å². The van der Waals surface area contributed by atoms with Gasteiger partial charge in [0.2, 0.25) is 0 Å². The number of hydrogen-bond acceptors (Lipinski definition) is 2. The van der Waals surface area contributed by atoms with Crippen LogP contribution in [0.15, 0.2) is 24.8 Å². The molecule has 0 aliphatic carbocycles. The van der Waals surface area contributed by atoms with Gasteiger partial charge in [0, 0.05) is 0 Å². The van der Waals surface area contributed by atoms with Crippen molar-refractivity contribution in [3.8, 4) is 0 Å². The highest BCUT2D eigenvalue weighted by Crippen LogP contribution is 1.81. The lowest BCUT2D eigenvalue weighted by Crippen LogP contribution is -2.27. The van der Waals surface area contributed by atoms with Crippen LogP contribution in [0.4, 0.5) is 0 Å². The number of nitrogens with two attached hydrogens (primary N) is 1. The predicted octanol–water partition coefficient (Wildman–Crippen LogP) is 0.140.